The molecule has 2 heterocycles. The van der Waals surface area contributed by atoms with Crippen molar-refractivity contribution in [2.45, 2.75) is 130 Å². The van der Waals surface area contributed by atoms with Gasteiger partial charge in [-0.2, -0.15) is 0 Å². The lowest BCUT2D eigenvalue weighted by Gasteiger charge is -2.29. The zero-order valence-electron chi connectivity index (χ0n) is 23.8. The molecule has 0 radical (unpaired) electrons. The lowest BCUT2D eigenvalue weighted by molar-refractivity contribution is 0.282. The third-order valence-electron chi connectivity index (χ3n) is 9.43. The first-order chi connectivity index (χ1) is 17.5. The van der Waals surface area contributed by atoms with Gasteiger partial charge in [0.05, 0.1) is 24.6 Å². The zero-order valence-corrected chi connectivity index (χ0v) is 25.8. The molecule has 0 spiro atoms. The molecule has 36 heavy (non-hydrogen) atoms. The second-order valence-corrected chi connectivity index (χ2v) is 20.5. The summed E-state index contributed by atoms with van der Waals surface area (Å²) in [6.45, 7) is 15.1. The van der Waals surface area contributed by atoms with Crippen molar-refractivity contribution in [1.29, 1.82) is 0 Å². The number of nitrogens with zero attached hydrogens (tertiary/aromatic N) is 2. The fraction of sp³-hybridized carbons (Fsp3) is 0.667. The molecular formula is C30H48N2O2Si2. The highest BCUT2D eigenvalue weighted by Crippen LogP contribution is 2.36. The van der Waals surface area contributed by atoms with Crippen LogP contribution in [-0.2, 0) is 47.7 Å². The highest BCUT2D eigenvalue weighted by molar-refractivity contribution is 6.73. The van der Waals surface area contributed by atoms with Crippen LogP contribution in [0.1, 0.15) is 88.2 Å². The predicted octanol–water partition coefficient (Wildman–Crippen LogP) is 8.16. The number of pyridine rings is 2. The summed E-state index contributed by atoms with van der Waals surface area (Å²) in [4.78, 5) is 10.6. The SMILES string of the molecule is CC[Si](CC)(CC)OCc1cc2c(nc1-c1cc3c(nc1CO[Si](CC)(CC)CC)CCC3)CCC2. The second-order valence-electron chi connectivity index (χ2n) is 11.0. The average molecular weight is 525 g/mol. The number of hydrogen-bond donors (Lipinski definition) is 0. The van der Waals surface area contributed by atoms with Gasteiger partial charge in [0, 0.05) is 22.5 Å². The Balaban J connectivity index is 1.77. The monoisotopic (exact) mass is 524 g/mol. The van der Waals surface area contributed by atoms with E-state index in [0.29, 0.717) is 13.2 Å². The number of aromatic nitrogens is 2. The Hall–Kier alpha value is -1.35. The van der Waals surface area contributed by atoms with Gasteiger partial charge in [0.15, 0.2) is 16.6 Å². The smallest absolute Gasteiger partial charge is 0.192 e. The Morgan fingerprint density at radius 3 is 1.69 bits per heavy atom. The van der Waals surface area contributed by atoms with Gasteiger partial charge in [0.2, 0.25) is 0 Å². The molecule has 198 valence electrons. The van der Waals surface area contributed by atoms with Crippen LogP contribution in [0.3, 0.4) is 0 Å². The highest BCUT2D eigenvalue weighted by atomic mass is 28.4. The van der Waals surface area contributed by atoms with Crippen LogP contribution in [-0.4, -0.2) is 26.6 Å². The molecular weight excluding hydrogens is 477 g/mol. The summed E-state index contributed by atoms with van der Waals surface area (Å²) in [6, 6.07) is 11.8. The summed E-state index contributed by atoms with van der Waals surface area (Å²) in [5.41, 5.74) is 10.1. The minimum atomic E-state index is -1.71. The molecule has 0 bridgehead atoms. The molecule has 0 aliphatic heterocycles. The summed E-state index contributed by atoms with van der Waals surface area (Å²) in [7, 11) is -3.41. The summed E-state index contributed by atoms with van der Waals surface area (Å²) in [6.07, 6.45) is 6.86. The largest absolute Gasteiger partial charge is 0.412 e. The average Bonchev–Trinajstić information content (AvgIpc) is 3.58. The van der Waals surface area contributed by atoms with Gasteiger partial charge in [-0.15, -0.1) is 0 Å². The lowest BCUT2D eigenvalue weighted by Crippen LogP contribution is -2.35. The van der Waals surface area contributed by atoms with Crippen LogP contribution >= 0.6 is 0 Å². The van der Waals surface area contributed by atoms with Crippen molar-refractivity contribution in [3.8, 4) is 11.3 Å². The van der Waals surface area contributed by atoms with Crippen LogP contribution in [0.2, 0.25) is 36.3 Å². The number of fused-ring (bicyclic) bond motifs is 2. The molecule has 0 atom stereocenters. The Morgan fingerprint density at radius 2 is 1.14 bits per heavy atom. The van der Waals surface area contributed by atoms with Crippen molar-refractivity contribution in [3.05, 3.63) is 45.9 Å². The first-order valence-corrected chi connectivity index (χ1v) is 19.8. The summed E-state index contributed by atoms with van der Waals surface area (Å²) in [5, 5.41) is 0. The van der Waals surface area contributed by atoms with E-state index in [2.05, 4.69) is 53.7 Å². The summed E-state index contributed by atoms with van der Waals surface area (Å²) in [5.74, 6) is 0. The minimum absolute atomic E-state index is 0.612. The van der Waals surface area contributed by atoms with Gasteiger partial charge in [0.25, 0.3) is 0 Å². The van der Waals surface area contributed by atoms with E-state index in [0.717, 1.165) is 55.2 Å². The van der Waals surface area contributed by atoms with E-state index >= 15 is 0 Å². The first kappa shape index (κ1) is 27.7. The van der Waals surface area contributed by atoms with E-state index in [-0.39, 0.29) is 0 Å². The summed E-state index contributed by atoms with van der Waals surface area (Å²) < 4.78 is 13.6. The molecule has 2 aliphatic rings. The van der Waals surface area contributed by atoms with Crippen molar-refractivity contribution in [2.75, 3.05) is 0 Å². The third kappa shape index (κ3) is 5.57. The maximum Gasteiger partial charge on any atom is 0.192 e. The van der Waals surface area contributed by atoms with E-state index in [1.54, 1.807) is 0 Å². The van der Waals surface area contributed by atoms with Crippen LogP contribution < -0.4 is 0 Å². The maximum absolute atomic E-state index is 6.84. The van der Waals surface area contributed by atoms with Gasteiger partial charge >= 0.3 is 0 Å². The van der Waals surface area contributed by atoms with Crippen LogP contribution in [0.4, 0.5) is 0 Å². The highest BCUT2D eigenvalue weighted by Gasteiger charge is 2.32. The van der Waals surface area contributed by atoms with E-state index in [4.69, 9.17) is 18.8 Å². The number of hydrogen-bond acceptors (Lipinski definition) is 4. The normalized spacial score (nSPS) is 15.4. The summed E-state index contributed by atoms with van der Waals surface area (Å²) >= 11 is 0. The van der Waals surface area contributed by atoms with E-state index in [1.165, 1.54) is 64.6 Å². The quantitative estimate of drug-likeness (QED) is 0.248. The minimum Gasteiger partial charge on any atom is -0.412 e. The van der Waals surface area contributed by atoms with Crippen molar-refractivity contribution < 1.29 is 8.85 Å². The number of rotatable bonds is 13. The molecule has 0 unspecified atom stereocenters. The molecule has 4 rings (SSSR count). The van der Waals surface area contributed by atoms with Crippen LogP contribution in [0, 0.1) is 0 Å². The fourth-order valence-electron chi connectivity index (χ4n) is 6.26. The second kappa shape index (κ2) is 12.0. The van der Waals surface area contributed by atoms with E-state index < -0.39 is 16.6 Å². The fourth-order valence-corrected chi connectivity index (χ4v) is 11.4. The van der Waals surface area contributed by atoms with Crippen molar-refractivity contribution >= 4 is 16.6 Å². The molecule has 0 aromatic carbocycles. The van der Waals surface area contributed by atoms with E-state index in [9.17, 15) is 0 Å². The van der Waals surface area contributed by atoms with Crippen LogP contribution in [0.25, 0.3) is 11.3 Å². The third-order valence-corrected chi connectivity index (χ3v) is 18.7. The standard InChI is InChI=1S/C30H48N2O2Si2/c1-7-35(8-2,9-3)33-21-25-19-23-15-13-18-28(23)32-30(25)26-20-24-16-14-17-27(24)31-29(26)22-34-36(10-4,11-5)12-6/h19-20H,7-18,21-22H2,1-6H3. The Labute approximate surface area is 221 Å². The van der Waals surface area contributed by atoms with Gasteiger partial charge in [-0.25, -0.2) is 0 Å². The predicted molar refractivity (Wildman–Crippen MR) is 155 cm³/mol. The molecule has 2 aromatic rings. The molecule has 0 saturated carbocycles. The zero-order chi connectivity index (χ0) is 25.8. The molecule has 0 saturated heterocycles. The van der Waals surface area contributed by atoms with Crippen LogP contribution in [0.15, 0.2) is 12.1 Å². The van der Waals surface area contributed by atoms with Gasteiger partial charge in [0.1, 0.15) is 0 Å². The first-order valence-electron chi connectivity index (χ1n) is 14.8. The molecule has 0 N–H and O–H groups in total. The molecule has 0 amide bonds. The topological polar surface area (TPSA) is 44.2 Å². The maximum atomic E-state index is 6.84. The molecule has 0 fully saturated rings. The van der Waals surface area contributed by atoms with Crippen LogP contribution in [0.5, 0.6) is 0 Å². The van der Waals surface area contributed by atoms with Crippen molar-refractivity contribution in [3.63, 3.8) is 0 Å². The molecule has 2 aromatic heterocycles. The molecule has 2 aliphatic carbocycles. The van der Waals surface area contributed by atoms with Gasteiger partial charge in [-0.05, 0) is 98.0 Å². The van der Waals surface area contributed by atoms with Gasteiger partial charge < -0.3 is 8.85 Å². The Bertz CT molecular complexity index is 948. The molecule has 4 nitrogen and oxygen atoms in total. The Morgan fingerprint density at radius 1 is 0.639 bits per heavy atom. The van der Waals surface area contributed by atoms with Crippen molar-refractivity contribution in [2.24, 2.45) is 0 Å². The molecule has 6 heteroatoms. The van der Waals surface area contributed by atoms with Gasteiger partial charge in [-0.1, -0.05) is 41.5 Å². The van der Waals surface area contributed by atoms with Crippen molar-refractivity contribution in [1.82, 2.24) is 9.97 Å². The number of aryl methyl sites for hydroxylation is 4. The lowest BCUT2D eigenvalue weighted by atomic mass is 9.99. The Kier molecular flexibility index (Phi) is 9.24. The van der Waals surface area contributed by atoms with E-state index in [1.807, 2.05) is 0 Å². The van der Waals surface area contributed by atoms with Gasteiger partial charge in [-0.3, -0.25) is 9.97 Å².